The Morgan fingerprint density at radius 2 is 2.15 bits per heavy atom. The molecule has 5 heteroatoms. The lowest BCUT2D eigenvalue weighted by molar-refractivity contribution is -0.137. The smallest absolute Gasteiger partial charge is 0.260 e. The van der Waals surface area contributed by atoms with Crippen LogP contribution in [0.4, 0.5) is 0 Å². The standard InChI is InChI=1S/C15H22N2O3/c1-11-9-13(12(2)16)3-4-14(11)20-10-15(18)17-5-7-19-8-6-17/h3-4,9,12H,5-8,10,16H2,1-2H3. The van der Waals surface area contributed by atoms with Crippen molar-refractivity contribution in [3.8, 4) is 5.75 Å². The van der Waals surface area contributed by atoms with E-state index in [0.29, 0.717) is 26.3 Å². The van der Waals surface area contributed by atoms with Crippen molar-refractivity contribution in [2.24, 2.45) is 5.73 Å². The van der Waals surface area contributed by atoms with Crippen LogP contribution in [0.2, 0.25) is 0 Å². The summed E-state index contributed by atoms with van der Waals surface area (Å²) < 4.78 is 10.8. The van der Waals surface area contributed by atoms with Crippen molar-refractivity contribution in [3.63, 3.8) is 0 Å². The van der Waals surface area contributed by atoms with E-state index in [4.69, 9.17) is 15.2 Å². The molecule has 1 amide bonds. The first-order valence-electron chi connectivity index (χ1n) is 6.92. The Balaban J connectivity index is 1.91. The molecule has 1 saturated heterocycles. The van der Waals surface area contributed by atoms with Crippen LogP contribution in [0.25, 0.3) is 0 Å². The maximum Gasteiger partial charge on any atom is 0.260 e. The molecule has 1 atom stereocenters. The number of hydrogen-bond donors (Lipinski definition) is 1. The monoisotopic (exact) mass is 278 g/mol. The molecule has 0 radical (unpaired) electrons. The number of nitrogens with two attached hydrogens (primary N) is 1. The summed E-state index contributed by atoms with van der Waals surface area (Å²) in [6, 6.07) is 5.81. The van der Waals surface area contributed by atoms with E-state index in [9.17, 15) is 4.79 Å². The van der Waals surface area contributed by atoms with Gasteiger partial charge in [-0.15, -0.1) is 0 Å². The number of benzene rings is 1. The van der Waals surface area contributed by atoms with Gasteiger partial charge in [-0.3, -0.25) is 4.79 Å². The lowest BCUT2D eigenvalue weighted by atomic mass is 10.1. The van der Waals surface area contributed by atoms with Crippen LogP contribution in [0.5, 0.6) is 5.75 Å². The Bertz CT molecular complexity index is 468. The number of amides is 1. The zero-order valence-electron chi connectivity index (χ0n) is 12.1. The topological polar surface area (TPSA) is 64.8 Å². The van der Waals surface area contributed by atoms with Crippen molar-refractivity contribution < 1.29 is 14.3 Å². The number of rotatable bonds is 4. The summed E-state index contributed by atoms with van der Waals surface area (Å²) in [5.74, 6) is 0.736. The van der Waals surface area contributed by atoms with Gasteiger partial charge in [0.05, 0.1) is 13.2 Å². The lowest BCUT2D eigenvalue weighted by Crippen LogP contribution is -2.43. The normalized spacial score (nSPS) is 16.9. The van der Waals surface area contributed by atoms with Crippen LogP contribution >= 0.6 is 0 Å². The third-order valence-electron chi connectivity index (χ3n) is 3.44. The van der Waals surface area contributed by atoms with Crippen LogP contribution < -0.4 is 10.5 Å². The van der Waals surface area contributed by atoms with Crippen LogP contribution in [-0.2, 0) is 9.53 Å². The largest absolute Gasteiger partial charge is 0.484 e. The van der Waals surface area contributed by atoms with Crippen molar-refractivity contribution in [2.45, 2.75) is 19.9 Å². The minimum atomic E-state index is -0.00210. The SMILES string of the molecule is Cc1cc(C(C)N)ccc1OCC(=O)N1CCOCC1. The number of morpholine rings is 1. The molecule has 2 rings (SSSR count). The highest BCUT2D eigenvalue weighted by atomic mass is 16.5. The Labute approximate surface area is 119 Å². The van der Waals surface area contributed by atoms with Crippen LogP contribution in [0.15, 0.2) is 18.2 Å². The van der Waals surface area contributed by atoms with Gasteiger partial charge in [0, 0.05) is 19.1 Å². The second kappa shape index (κ2) is 6.72. The maximum absolute atomic E-state index is 12.0. The predicted octanol–water partition coefficient (Wildman–Crippen LogP) is 1.25. The molecule has 1 aliphatic rings. The van der Waals surface area contributed by atoms with E-state index in [0.717, 1.165) is 16.9 Å². The highest BCUT2D eigenvalue weighted by Gasteiger charge is 2.17. The molecule has 0 spiro atoms. The molecule has 5 nitrogen and oxygen atoms in total. The minimum Gasteiger partial charge on any atom is -0.484 e. The van der Waals surface area contributed by atoms with Crippen molar-refractivity contribution >= 4 is 5.91 Å². The summed E-state index contributed by atoms with van der Waals surface area (Å²) >= 11 is 0. The van der Waals surface area contributed by atoms with Crippen molar-refractivity contribution in [3.05, 3.63) is 29.3 Å². The second-order valence-electron chi connectivity index (χ2n) is 5.10. The maximum atomic E-state index is 12.0. The number of carbonyl (C=O) groups is 1. The number of carbonyl (C=O) groups excluding carboxylic acids is 1. The summed E-state index contributed by atoms with van der Waals surface area (Å²) in [5.41, 5.74) is 7.90. The predicted molar refractivity (Wildman–Crippen MR) is 76.7 cm³/mol. The van der Waals surface area contributed by atoms with Gasteiger partial charge in [0.25, 0.3) is 5.91 Å². The molecule has 1 aromatic rings. The fourth-order valence-electron chi connectivity index (χ4n) is 2.16. The highest BCUT2D eigenvalue weighted by molar-refractivity contribution is 5.77. The molecule has 0 bridgehead atoms. The molecule has 1 aromatic carbocycles. The van der Waals surface area contributed by atoms with Crippen LogP contribution in [0.1, 0.15) is 24.1 Å². The summed E-state index contributed by atoms with van der Waals surface area (Å²) in [7, 11) is 0. The van der Waals surface area contributed by atoms with Gasteiger partial charge in [0.15, 0.2) is 6.61 Å². The Kier molecular flexibility index (Phi) is 4.98. The van der Waals surface area contributed by atoms with E-state index in [1.807, 2.05) is 32.0 Å². The fraction of sp³-hybridized carbons (Fsp3) is 0.533. The van der Waals surface area contributed by atoms with Gasteiger partial charge >= 0.3 is 0 Å². The first-order chi connectivity index (χ1) is 9.58. The van der Waals surface area contributed by atoms with E-state index in [1.165, 1.54) is 0 Å². The van der Waals surface area contributed by atoms with Crippen molar-refractivity contribution in [1.29, 1.82) is 0 Å². The quantitative estimate of drug-likeness (QED) is 0.900. The highest BCUT2D eigenvalue weighted by Crippen LogP contribution is 2.21. The second-order valence-corrected chi connectivity index (χ2v) is 5.10. The average Bonchev–Trinajstić information content (AvgIpc) is 2.46. The van der Waals surface area contributed by atoms with E-state index in [-0.39, 0.29) is 18.6 Å². The van der Waals surface area contributed by atoms with Crippen molar-refractivity contribution in [1.82, 2.24) is 4.90 Å². The molecular formula is C15H22N2O3. The minimum absolute atomic E-state index is 0.00210. The van der Waals surface area contributed by atoms with E-state index < -0.39 is 0 Å². The van der Waals surface area contributed by atoms with Crippen LogP contribution in [-0.4, -0.2) is 43.7 Å². The van der Waals surface area contributed by atoms with Gasteiger partial charge in [-0.25, -0.2) is 0 Å². The summed E-state index contributed by atoms with van der Waals surface area (Å²) in [4.78, 5) is 13.8. The van der Waals surface area contributed by atoms with Gasteiger partial charge in [-0.05, 0) is 31.0 Å². The number of ether oxygens (including phenoxy) is 2. The van der Waals surface area contributed by atoms with E-state index >= 15 is 0 Å². The summed E-state index contributed by atoms with van der Waals surface area (Å²) in [6.45, 7) is 6.47. The molecular weight excluding hydrogens is 256 g/mol. The van der Waals surface area contributed by atoms with E-state index in [2.05, 4.69) is 0 Å². The Morgan fingerprint density at radius 3 is 2.75 bits per heavy atom. The Hall–Kier alpha value is -1.59. The Morgan fingerprint density at radius 1 is 1.45 bits per heavy atom. The van der Waals surface area contributed by atoms with Gasteiger partial charge in [0.1, 0.15) is 5.75 Å². The zero-order valence-corrected chi connectivity index (χ0v) is 12.1. The number of aryl methyl sites for hydroxylation is 1. The molecule has 0 aliphatic carbocycles. The van der Waals surface area contributed by atoms with Crippen molar-refractivity contribution in [2.75, 3.05) is 32.9 Å². The van der Waals surface area contributed by atoms with Gasteiger partial charge < -0.3 is 20.1 Å². The zero-order chi connectivity index (χ0) is 14.5. The summed E-state index contributed by atoms with van der Waals surface area (Å²) in [6.07, 6.45) is 0. The third-order valence-corrected chi connectivity index (χ3v) is 3.44. The molecule has 1 fully saturated rings. The number of nitrogens with zero attached hydrogens (tertiary/aromatic N) is 1. The molecule has 1 unspecified atom stereocenters. The molecule has 0 saturated carbocycles. The molecule has 0 aromatic heterocycles. The van der Waals surface area contributed by atoms with Gasteiger partial charge in [-0.1, -0.05) is 12.1 Å². The fourth-order valence-corrected chi connectivity index (χ4v) is 2.16. The first-order valence-corrected chi connectivity index (χ1v) is 6.92. The third kappa shape index (κ3) is 3.71. The molecule has 110 valence electrons. The van der Waals surface area contributed by atoms with Crippen LogP contribution in [0.3, 0.4) is 0 Å². The average molecular weight is 278 g/mol. The molecule has 2 N–H and O–H groups in total. The number of hydrogen-bond acceptors (Lipinski definition) is 4. The molecule has 1 aliphatic heterocycles. The van der Waals surface area contributed by atoms with Crippen LogP contribution in [0, 0.1) is 6.92 Å². The lowest BCUT2D eigenvalue weighted by Gasteiger charge is -2.26. The van der Waals surface area contributed by atoms with Gasteiger partial charge in [0.2, 0.25) is 0 Å². The van der Waals surface area contributed by atoms with E-state index in [1.54, 1.807) is 4.90 Å². The molecule has 1 heterocycles. The summed E-state index contributed by atoms with van der Waals surface area (Å²) in [5, 5.41) is 0. The molecule has 20 heavy (non-hydrogen) atoms. The van der Waals surface area contributed by atoms with Gasteiger partial charge in [-0.2, -0.15) is 0 Å². The first kappa shape index (κ1) is 14.8.